The first-order chi connectivity index (χ1) is 13.8. The SMILES string of the molecule is Cc1ccccc1OCC(C)NC(=O)c1cc(S(=O)(=O)N2CCCC2)ccc1C. The molecule has 0 radical (unpaired) electrons. The number of amides is 1. The fourth-order valence-corrected chi connectivity index (χ4v) is 4.90. The quantitative estimate of drug-likeness (QED) is 0.752. The molecule has 1 aliphatic rings. The minimum absolute atomic E-state index is 0.166. The van der Waals surface area contributed by atoms with Gasteiger partial charge < -0.3 is 10.1 Å². The molecule has 1 N–H and O–H groups in total. The van der Waals surface area contributed by atoms with Crippen LogP contribution in [-0.4, -0.2) is 44.4 Å². The monoisotopic (exact) mass is 416 g/mol. The van der Waals surface area contributed by atoms with Crippen LogP contribution in [0.2, 0.25) is 0 Å². The zero-order chi connectivity index (χ0) is 21.0. The number of ether oxygens (including phenoxy) is 1. The first-order valence-corrected chi connectivity index (χ1v) is 11.3. The van der Waals surface area contributed by atoms with Gasteiger partial charge in [0.25, 0.3) is 5.91 Å². The van der Waals surface area contributed by atoms with E-state index in [0.29, 0.717) is 25.3 Å². The summed E-state index contributed by atoms with van der Waals surface area (Å²) in [5.74, 6) is 0.477. The van der Waals surface area contributed by atoms with E-state index in [9.17, 15) is 13.2 Å². The molecule has 2 aromatic carbocycles. The summed E-state index contributed by atoms with van der Waals surface area (Å²) in [6, 6.07) is 12.2. The molecule has 1 unspecified atom stereocenters. The summed E-state index contributed by atoms with van der Waals surface area (Å²) in [4.78, 5) is 12.9. The standard InChI is InChI=1S/C22H28N2O4S/c1-16-10-11-19(29(26,27)24-12-6-7-13-24)14-20(16)22(25)23-18(3)15-28-21-9-5-4-8-17(21)2/h4-5,8-11,14,18H,6-7,12-13,15H2,1-3H3,(H,23,25). The van der Waals surface area contributed by atoms with Crippen molar-refractivity contribution < 1.29 is 17.9 Å². The Balaban J connectivity index is 1.69. The van der Waals surface area contributed by atoms with Gasteiger partial charge in [0.05, 0.1) is 10.9 Å². The van der Waals surface area contributed by atoms with Crippen molar-refractivity contribution in [2.45, 2.75) is 44.6 Å². The summed E-state index contributed by atoms with van der Waals surface area (Å²) in [7, 11) is -3.56. The lowest BCUT2D eigenvalue weighted by Crippen LogP contribution is -2.37. The Hall–Kier alpha value is -2.38. The van der Waals surface area contributed by atoms with Gasteiger partial charge in [0, 0.05) is 18.7 Å². The molecular weight excluding hydrogens is 388 g/mol. The van der Waals surface area contributed by atoms with Gasteiger partial charge in [0.15, 0.2) is 0 Å². The van der Waals surface area contributed by atoms with Crippen molar-refractivity contribution in [3.63, 3.8) is 0 Å². The minimum Gasteiger partial charge on any atom is -0.491 e. The van der Waals surface area contributed by atoms with Crippen molar-refractivity contribution in [1.82, 2.24) is 9.62 Å². The van der Waals surface area contributed by atoms with Crippen LogP contribution >= 0.6 is 0 Å². The second kappa shape index (κ2) is 8.97. The van der Waals surface area contributed by atoms with Crippen LogP contribution in [-0.2, 0) is 10.0 Å². The number of hydrogen-bond acceptors (Lipinski definition) is 4. The van der Waals surface area contributed by atoms with Crippen LogP contribution in [0.15, 0.2) is 47.4 Å². The van der Waals surface area contributed by atoms with Crippen LogP contribution in [0.5, 0.6) is 5.75 Å². The van der Waals surface area contributed by atoms with E-state index in [0.717, 1.165) is 29.7 Å². The number of nitrogens with one attached hydrogen (secondary N) is 1. The van der Waals surface area contributed by atoms with Crippen molar-refractivity contribution in [2.75, 3.05) is 19.7 Å². The summed E-state index contributed by atoms with van der Waals surface area (Å²) in [5, 5.41) is 2.90. The maximum Gasteiger partial charge on any atom is 0.251 e. The molecular formula is C22H28N2O4S. The minimum atomic E-state index is -3.56. The summed E-state index contributed by atoms with van der Waals surface area (Å²) in [5.41, 5.74) is 2.13. The largest absolute Gasteiger partial charge is 0.491 e. The zero-order valence-electron chi connectivity index (χ0n) is 17.1. The molecule has 1 fully saturated rings. The predicted molar refractivity (Wildman–Crippen MR) is 113 cm³/mol. The highest BCUT2D eigenvalue weighted by atomic mass is 32.2. The van der Waals surface area contributed by atoms with E-state index < -0.39 is 10.0 Å². The molecule has 3 rings (SSSR count). The van der Waals surface area contributed by atoms with E-state index in [1.807, 2.05) is 38.1 Å². The Morgan fingerprint density at radius 1 is 1.10 bits per heavy atom. The zero-order valence-corrected chi connectivity index (χ0v) is 18.0. The Morgan fingerprint density at radius 3 is 2.48 bits per heavy atom. The van der Waals surface area contributed by atoms with E-state index in [1.165, 1.54) is 10.4 Å². The van der Waals surface area contributed by atoms with Gasteiger partial charge in [-0.15, -0.1) is 0 Å². The van der Waals surface area contributed by atoms with Crippen LogP contribution in [0.3, 0.4) is 0 Å². The molecule has 1 heterocycles. The van der Waals surface area contributed by atoms with Crippen molar-refractivity contribution in [3.05, 3.63) is 59.2 Å². The molecule has 1 saturated heterocycles. The highest BCUT2D eigenvalue weighted by Gasteiger charge is 2.28. The van der Waals surface area contributed by atoms with Crippen LogP contribution < -0.4 is 10.1 Å². The fourth-order valence-electron chi connectivity index (χ4n) is 3.36. The summed E-state index contributed by atoms with van der Waals surface area (Å²) < 4.78 is 32.9. The van der Waals surface area contributed by atoms with Crippen LogP contribution in [0.4, 0.5) is 0 Å². The molecule has 0 spiro atoms. The smallest absolute Gasteiger partial charge is 0.251 e. The van der Waals surface area contributed by atoms with E-state index in [1.54, 1.807) is 19.1 Å². The van der Waals surface area contributed by atoms with Gasteiger partial charge in [-0.05, 0) is 62.9 Å². The second-order valence-electron chi connectivity index (χ2n) is 7.54. The van der Waals surface area contributed by atoms with E-state index in [2.05, 4.69) is 5.32 Å². The highest BCUT2D eigenvalue weighted by molar-refractivity contribution is 7.89. The molecule has 1 amide bonds. The summed E-state index contributed by atoms with van der Waals surface area (Å²) in [6.45, 7) is 7.01. The van der Waals surface area contributed by atoms with Crippen molar-refractivity contribution >= 4 is 15.9 Å². The van der Waals surface area contributed by atoms with Crippen molar-refractivity contribution in [3.8, 4) is 5.75 Å². The number of nitrogens with zero attached hydrogens (tertiary/aromatic N) is 1. The van der Waals surface area contributed by atoms with Gasteiger partial charge in [0.1, 0.15) is 12.4 Å². The maximum atomic E-state index is 12.8. The number of sulfonamides is 1. The Kier molecular flexibility index (Phi) is 6.59. The number of para-hydroxylation sites is 1. The predicted octanol–water partition coefficient (Wildman–Crippen LogP) is 3.29. The van der Waals surface area contributed by atoms with Gasteiger partial charge in [0.2, 0.25) is 10.0 Å². The molecule has 156 valence electrons. The molecule has 0 bridgehead atoms. The van der Waals surface area contributed by atoms with E-state index in [4.69, 9.17) is 4.74 Å². The van der Waals surface area contributed by atoms with Gasteiger partial charge in [-0.25, -0.2) is 8.42 Å². The van der Waals surface area contributed by atoms with Crippen LogP contribution in [0, 0.1) is 13.8 Å². The number of benzene rings is 2. The first-order valence-electron chi connectivity index (χ1n) is 9.89. The number of hydrogen-bond donors (Lipinski definition) is 1. The Labute approximate surface area is 172 Å². The lowest BCUT2D eigenvalue weighted by Gasteiger charge is -2.19. The summed E-state index contributed by atoms with van der Waals surface area (Å²) >= 11 is 0. The average Bonchev–Trinajstić information content (AvgIpc) is 3.23. The molecule has 1 aliphatic heterocycles. The van der Waals surface area contributed by atoms with Crippen molar-refractivity contribution in [2.24, 2.45) is 0 Å². The lowest BCUT2D eigenvalue weighted by atomic mass is 10.1. The average molecular weight is 417 g/mol. The first kappa shape index (κ1) is 21.3. The van der Waals surface area contributed by atoms with Crippen molar-refractivity contribution in [1.29, 1.82) is 0 Å². The fraction of sp³-hybridized carbons (Fsp3) is 0.409. The van der Waals surface area contributed by atoms with E-state index >= 15 is 0 Å². The molecule has 2 aromatic rings. The topological polar surface area (TPSA) is 75.7 Å². The molecule has 0 saturated carbocycles. The molecule has 29 heavy (non-hydrogen) atoms. The van der Waals surface area contributed by atoms with Gasteiger partial charge in [-0.2, -0.15) is 4.31 Å². The third-order valence-corrected chi connectivity index (χ3v) is 7.01. The second-order valence-corrected chi connectivity index (χ2v) is 9.48. The van der Waals surface area contributed by atoms with E-state index in [-0.39, 0.29) is 16.8 Å². The highest BCUT2D eigenvalue weighted by Crippen LogP contribution is 2.23. The number of aryl methyl sites for hydroxylation is 2. The lowest BCUT2D eigenvalue weighted by molar-refractivity contribution is 0.0925. The Morgan fingerprint density at radius 2 is 1.79 bits per heavy atom. The number of rotatable bonds is 7. The maximum absolute atomic E-state index is 12.8. The molecule has 1 atom stereocenters. The third-order valence-electron chi connectivity index (χ3n) is 5.12. The molecule has 0 aliphatic carbocycles. The summed E-state index contributed by atoms with van der Waals surface area (Å²) in [6.07, 6.45) is 1.74. The molecule has 7 heteroatoms. The van der Waals surface area contributed by atoms with Gasteiger partial charge >= 0.3 is 0 Å². The van der Waals surface area contributed by atoms with Gasteiger partial charge in [-0.3, -0.25) is 4.79 Å². The van der Waals surface area contributed by atoms with Crippen LogP contribution in [0.25, 0.3) is 0 Å². The normalized spacial score (nSPS) is 15.8. The molecule has 0 aromatic heterocycles. The Bertz CT molecular complexity index is 982. The van der Waals surface area contributed by atoms with Crippen LogP contribution in [0.1, 0.15) is 41.3 Å². The molecule has 6 nitrogen and oxygen atoms in total. The number of carbonyl (C=O) groups excluding carboxylic acids is 1. The van der Waals surface area contributed by atoms with Gasteiger partial charge in [-0.1, -0.05) is 24.3 Å². The third kappa shape index (κ3) is 4.97. The number of carbonyl (C=O) groups is 1.